The van der Waals surface area contributed by atoms with E-state index in [9.17, 15) is 9.60 Å². The van der Waals surface area contributed by atoms with Crippen molar-refractivity contribution < 1.29 is 9.60 Å². The van der Waals surface area contributed by atoms with E-state index in [4.69, 9.17) is 0 Å². The molecule has 0 amide bonds. The van der Waals surface area contributed by atoms with Gasteiger partial charge in [-0.1, -0.05) is 13.2 Å². The van der Waals surface area contributed by atoms with Crippen LogP contribution in [0, 0.1) is 12.8 Å². The van der Waals surface area contributed by atoms with E-state index in [0.717, 1.165) is 24.0 Å². The molecule has 0 radical (unpaired) electrons. The Kier molecular flexibility index (Phi) is 7.29. The molecular formula is C23H32FN7O. The number of allylic oxidation sites excluding steroid dienone is 3. The van der Waals surface area contributed by atoms with E-state index >= 15 is 0 Å². The van der Waals surface area contributed by atoms with Crippen LogP contribution in [-0.4, -0.2) is 53.5 Å². The van der Waals surface area contributed by atoms with Gasteiger partial charge in [0.25, 0.3) is 0 Å². The second-order valence-corrected chi connectivity index (χ2v) is 8.15. The molecule has 9 heteroatoms. The van der Waals surface area contributed by atoms with E-state index in [1.54, 1.807) is 35.7 Å². The van der Waals surface area contributed by atoms with Gasteiger partial charge in [-0.05, 0) is 38.3 Å². The van der Waals surface area contributed by atoms with Gasteiger partial charge >= 0.3 is 0 Å². The summed E-state index contributed by atoms with van der Waals surface area (Å²) in [5.41, 5.74) is 3.33. The minimum Gasteiger partial charge on any atom is -0.357 e. The van der Waals surface area contributed by atoms with Crippen LogP contribution >= 0.6 is 0 Å². The Morgan fingerprint density at radius 1 is 1.28 bits per heavy atom. The zero-order valence-electron chi connectivity index (χ0n) is 19.3. The highest BCUT2D eigenvalue weighted by Crippen LogP contribution is 2.28. The van der Waals surface area contributed by atoms with Crippen LogP contribution < -0.4 is 0 Å². The number of halogens is 1. The fourth-order valence-corrected chi connectivity index (χ4v) is 3.95. The van der Waals surface area contributed by atoms with Crippen molar-refractivity contribution >= 4 is 5.71 Å². The second kappa shape index (κ2) is 9.95. The zero-order chi connectivity index (χ0) is 23.4. The van der Waals surface area contributed by atoms with Crippen LogP contribution in [0.15, 0.2) is 60.2 Å². The Bertz CT molecular complexity index is 1020. The molecule has 1 saturated heterocycles. The molecule has 0 aromatic carbocycles. The maximum absolute atomic E-state index is 14.7. The molecule has 2 aromatic heterocycles. The summed E-state index contributed by atoms with van der Waals surface area (Å²) in [5, 5.41) is 20.0. The lowest BCUT2D eigenvalue weighted by Crippen LogP contribution is -2.35. The van der Waals surface area contributed by atoms with Crippen molar-refractivity contribution in [2.75, 3.05) is 13.1 Å². The quantitative estimate of drug-likeness (QED) is 0.499. The molecule has 1 fully saturated rings. The van der Waals surface area contributed by atoms with Crippen LogP contribution in [-0.2, 0) is 20.6 Å². The summed E-state index contributed by atoms with van der Waals surface area (Å²) in [5.74, 6) is 0.251. The molecule has 3 heterocycles. The smallest absolute Gasteiger partial charge is 0.146 e. The van der Waals surface area contributed by atoms with Gasteiger partial charge in [0.1, 0.15) is 17.4 Å². The molecular weight excluding hydrogens is 409 g/mol. The summed E-state index contributed by atoms with van der Waals surface area (Å²) in [6.07, 6.45) is 8.28. The Balaban J connectivity index is 1.64. The van der Waals surface area contributed by atoms with Crippen LogP contribution in [0.4, 0.5) is 4.39 Å². The number of aryl methyl sites for hydroxylation is 3. The molecule has 32 heavy (non-hydrogen) atoms. The topological polar surface area (TPSA) is 74.7 Å². The van der Waals surface area contributed by atoms with E-state index in [-0.39, 0.29) is 11.6 Å². The standard InChI is InChI=1S/C23H32FN7O/c1-7-21(24)22(23-16(2)12-26-29(23)6)27-18(4)30-10-8-20(9-11-30)17(3)31(32)15-19-13-25-28(5)14-19/h7,12-14,20,32H,3-4,8-11,15H2,1-2,5-6H3/b21-7+,27-22+. The maximum atomic E-state index is 14.7. The van der Waals surface area contributed by atoms with Crippen LogP contribution in [0.3, 0.4) is 0 Å². The number of aliphatic imine (C=N–C) groups is 1. The van der Waals surface area contributed by atoms with Gasteiger partial charge in [-0.25, -0.2) is 9.38 Å². The second-order valence-electron chi connectivity index (χ2n) is 8.15. The highest BCUT2D eigenvalue weighted by Gasteiger charge is 2.26. The molecule has 1 aliphatic rings. The Hall–Kier alpha value is -3.20. The predicted octanol–water partition coefficient (Wildman–Crippen LogP) is 3.71. The molecule has 0 atom stereocenters. The number of hydrogen-bond donors (Lipinski definition) is 1. The summed E-state index contributed by atoms with van der Waals surface area (Å²) >= 11 is 0. The average Bonchev–Trinajstić information content (AvgIpc) is 3.34. The first-order valence-electron chi connectivity index (χ1n) is 10.7. The molecule has 1 N–H and O–H groups in total. The summed E-state index contributed by atoms with van der Waals surface area (Å²) in [6, 6.07) is 0. The fourth-order valence-electron chi connectivity index (χ4n) is 3.95. The van der Waals surface area contributed by atoms with Crippen molar-refractivity contribution in [1.82, 2.24) is 29.5 Å². The predicted molar refractivity (Wildman–Crippen MR) is 122 cm³/mol. The number of rotatable bonds is 8. The lowest BCUT2D eigenvalue weighted by molar-refractivity contribution is -0.0758. The highest BCUT2D eigenvalue weighted by molar-refractivity contribution is 6.11. The van der Waals surface area contributed by atoms with Crippen LogP contribution in [0.2, 0.25) is 0 Å². The van der Waals surface area contributed by atoms with Crippen LogP contribution in [0.25, 0.3) is 0 Å². The lowest BCUT2D eigenvalue weighted by atomic mass is 9.93. The molecule has 0 aliphatic carbocycles. The Morgan fingerprint density at radius 3 is 2.50 bits per heavy atom. The van der Waals surface area contributed by atoms with Crippen molar-refractivity contribution in [3.05, 3.63) is 72.0 Å². The van der Waals surface area contributed by atoms with E-state index in [1.165, 1.54) is 11.1 Å². The van der Waals surface area contributed by atoms with Gasteiger partial charge in [-0.15, -0.1) is 0 Å². The van der Waals surface area contributed by atoms with Crippen molar-refractivity contribution in [2.24, 2.45) is 25.0 Å². The summed E-state index contributed by atoms with van der Waals surface area (Å²) < 4.78 is 18.0. The largest absolute Gasteiger partial charge is 0.357 e. The molecule has 3 rings (SSSR count). The first-order valence-corrected chi connectivity index (χ1v) is 10.7. The van der Waals surface area contributed by atoms with Crippen molar-refractivity contribution in [2.45, 2.75) is 33.2 Å². The first kappa shape index (κ1) is 23.5. The van der Waals surface area contributed by atoms with E-state index < -0.39 is 5.83 Å². The first-order chi connectivity index (χ1) is 15.2. The van der Waals surface area contributed by atoms with Gasteiger partial charge in [0.2, 0.25) is 0 Å². The molecule has 0 spiro atoms. The number of aromatic nitrogens is 4. The minimum absolute atomic E-state index is 0.149. The molecule has 2 aromatic rings. The third-order valence-corrected chi connectivity index (χ3v) is 5.82. The molecule has 0 unspecified atom stereocenters. The van der Waals surface area contributed by atoms with Gasteiger partial charge in [0.15, 0.2) is 0 Å². The number of hydrogen-bond acceptors (Lipinski definition) is 6. The molecule has 0 bridgehead atoms. The third-order valence-electron chi connectivity index (χ3n) is 5.82. The van der Waals surface area contributed by atoms with E-state index in [1.807, 2.05) is 25.1 Å². The monoisotopic (exact) mass is 441 g/mol. The molecule has 0 saturated carbocycles. The van der Waals surface area contributed by atoms with Crippen LogP contribution in [0.1, 0.15) is 36.6 Å². The molecule has 8 nitrogen and oxygen atoms in total. The molecule has 172 valence electrons. The van der Waals surface area contributed by atoms with E-state index in [0.29, 0.717) is 36.8 Å². The SMILES string of the molecule is C=C(C1CCN(C(=C)/N=C(\C(F)=C/C)c2c(C)cnn2C)CC1)N(O)Cc1cnn(C)c1. The van der Waals surface area contributed by atoms with Gasteiger partial charge < -0.3 is 4.90 Å². The van der Waals surface area contributed by atoms with Gasteiger partial charge in [-0.2, -0.15) is 10.2 Å². The van der Waals surface area contributed by atoms with E-state index in [2.05, 4.69) is 28.3 Å². The van der Waals surface area contributed by atoms with Crippen molar-refractivity contribution in [3.8, 4) is 0 Å². The van der Waals surface area contributed by atoms with Gasteiger partial charge in [-0.3, -0.25) is 19.6 Å². The normalized spacial score (nSPS) is 15.9. The number of nitrogens with zero attached hydrogens (tertiary/aromatic N) is 7. The van der Waals surface area contributed by atoms with Crippen molar-refractivity contribution in [3.63, 3.8) is 0 Å². The Labute approximate surface area is 188 Å². The average molecular weight is 442 g/mol. The highest BCUT2D eigenvalue weighted by atomic mass is 19.1. The molecule has 1 aliphatic heterocycles. The third kappa shape index (κ3) is 5.16. The minimum atomic E-state index is -0.410. The Morgan fingerprint density at radius 2 is 1.97 bits per heavy atom. The summed E-state index contributed by atoms with van der Waals surface area (Å²) in [7, 11) is 3.61. The zero-order valence-corrected chi connectivity index (χ0v) is 19.3. The lowest BCUT2D eigenvalue weighted by Gasteiger charge is -2.36. The number of hydroxylamine groups is 2. The summed E-state index contributed by atoms with van der Waals surface area (Å²) in [4.78, 5) is 6.59. The number of likely N-dealkylation sites (tertiary alicyclic amines) is 1. The van der Waals surface area contributed by atoms with Crippen LogP contribution in [0.5, 0.6) is 0 Å². The fraction of sp³-hybridized carbons (Fsp3) is 0.435. The van der Waals surface area contributed by atoms with Gasteiger partial charge in [0, 0.05) is 50.6 Å². The maximum Gasteiger partial charge on any atom is 0.146 e. The number of piperidine rings is 1. The van der Waals surface area contributed by atoms with Crippen molar-refractivity contribution in [1.29, 1.82) is 0 Å². The van der Waals surface area contributed by atoms with Gasteiger partial charge in [0.05, 0.1) is 24.6 Å². The summed E-state index contributed by atoms with van der Waals surface area (Å²) in [6.45, 7) is 13.5.